The fraction of sp³-hybridized carbons (Fsp3) is 0.857. The largest absolute Gasteiger partial charge is 0.478 e. The molecular weight excluding hydrogens is 284 g/mol. The van der Waals surface area contributed by atoms with Crippen molar-refractivity contribution in [3.8, 4) is 0 Å². The van der Waals surface area contributed by atoms with E-state index in [0.717, 1.165) is 25.7 Å². The van der Waals surface area contributed by atoms with Crippen LogP contribution in [0.5, 0.6) is 0 Å². The number of carboxylic acids is 1. The van der Waals surface area contributed by atoms with Gasteiger partial charge in [0.1, 0.15) is 0 Å². The first-order valence-corrected chi connectivity index (χ1v) is 10.1. The van der Waals surface area contributed by atoms with Crippen LogP contribution in [0, 0.1) is 0 Å². The first-order chi connectivity index (χ1) is 11.2. The Hall–Kier alpha value is -0.790. The number of allylic oxidation sites excluding steroid dienone is 1. The van der Waals surface area contributed by atoms with E-state index in [4.69, 9.17) is 0 Å². The number of carbonyl (C=O) groups is 1. The van der Waals surface area contributed by atoms with E-state index in [9.17, 15) is 9.90 Å². The molecule has 0 fully saturated rings. The summed E-state index contributed by atoms with van der Waals surface area (Å²) in [5.41, 5.74) is 0.642. The molecule has 2 heteroatoms. The second kappa shape index (κ2) is 17.6. The molecule has 0 unspecified atom stereocenters. The number of carboxylic acid groups (broad SMARTS) is 1. The van der Waals surface area contributed by atoms with Gasteiger partial charge in [0.15, 0.2) is 0 Å². The maximum absolute atomic E-state index is 11.3. The normalized spacial score (nSPS) is 11.8. The molecule has 0 aliphatic carbocycles. The van der Waals surface area contributed by atoms with Gasteiger partial charge in [-0.2, -0.15) is 0 Å². The molecule has 2 nitrogen and oxygen atoms in total. The SMILES string of the molecule is CCCCCCCCCC/C=C(/CCCCCCCC)C(=O)O. The quantitative estimate of drug-likeness (QED) is 0.225. The highest BCUT2D eigenvalue weighted by Crippen LogP contribution is 2.15. The van der Waals surface area contributed by atoms with Crippen LogP contribution >= 0.6 is 0 Å². The number of hydrogen-bond donors (Lipinski definition) is 1. The lowest BCUT2D eigenvalue weighted by Crippen LogP contribution is -2.00. The number of aliphatic carboxylic acids is 1. The standard InChI is InChI=1S/C21H40O2/c1-3-5-7-9-11-12-13-15-17-19-20(21(22)23)18-16-14-10-8-6-4-2/h19H,3-18H2,1-2H3,(H,22,23)/b20-19-. The van der Waals surface area contributed by atoms with E-state index in [1.165, 1.54) is 77.0 Å². The number of unbranched alkanes of at least 4 members (excludes halogenated alkanes) is 13. The van der Waals surface area contributed by atoms with Gasteiger partial charge in [-0.25, -0.2) is 4.79 Å². The summed E-state index contributed by atoms with van der Waals surface area (Å²) in [7, 11) is 0. The van der Waals surface area contributed by atoms with Crippen LogP contribution in [0.2, 0.25) is 0 Å². The van der Waals surface area contributed by atoms with E-state index < -0.39 is 5.97 Å². The molecule has 0 spiro atoms. The topological polar surface area (TPSA) is 37.3 Å². The predicted octanol–water partition coefficient (Wildman–Crippen LogP) is 7.28. The summed E-state index contributed by atoms with van der Waals surface area (Å²) in [6.45, 7) is 4.47. The van der Waals surface area contributed by atoms with Crippen LogP contribution in [-0.2, 0) is 4.79 Å². The molecule has 0 aromatic rings. The van der Waals surface area contributed by atoms with Crippen molar-refractivity contribution in [3.05, 3.63) is 11.6 Å². The average molecular weight is 325 g/mol. The molecule has 0 heterocycles. The Balaban J connectivity index is 3.64. The van der Waals surface area contributed by atoms with E-state index in [-0.39, 0.29) is 0 Å². The van der Waals surface area contributed by atoms with Crippen LogP contribution in [0.3, 0.4) is 0 Å². The van der Waals surface area contributed by atoms with Crippen LogP contribution < -0.4 is 0 Å². The second-order valence-corrected chi connectivity index (χ2v) is 6.82. The van der Waals surface area contributed by atoms with Gasteiger partial charge in [0.25, 0.3) is 0 Å². The summed E-state index contributed by atoms with van der Waals surface area (Å²) in [6.07, 6.45) is 21.4. The Morgan fingerprint density at radius 2 is 1.13 bits per heavy atom. The maximum Gasteiger partial charge on any atom is 0.331 e. The molecular formula is C21H40O2. The third kappa shape index (κ3) is 15.9. The van der Waals surface area contributed by atoms with Crippen LogP contribution in [0.15, 0.2) is 11.6 Å². The summed E-state index contributed by atoms with van der Waals surface area (Å²) >= 11 is 0. The molecule has 0 rings (SSSR count). The number of hydrogen-bond acceptors (Lipinski definition) is 1. The van der Waals surface area contributed by atoms with Crippen molar-refractivity contribution >= 4 is 5.97 Å². The lowest BCUT2D eigenvalue weighted by atomic mass is 10.0. The molecule has 0 bridgehead atoms. The third-order valence-electron chi connectivity index (χ3n) is 4.52. The third-order valence-corrected chi connectivity index (χ3v) is 4.52. The van der Waals surface area contributed by atoms with E-state index >= 15 is 0 Å². The van der Waals surface area contributed by atoms with Crippen molar-refractivity contribution in [1.82, 2.24) is 0 Å². The second-order valence-electron chi connectivity index (χ2n) is 6.82. The van der Waals surface area contributed by atoms with Gasteiger partial charge >= 0.3 is 5.97 Å². The van der Waals surface area contributed by atoms with E-state index in [0.29, 0.717) is 5.57 Å². The average Bonchev–Trinajstić information content (AvgIpc) is 2.54. The fourth-order valence-electron chi connectivity index (χ4n) is 2.95. The fourth-order valence-corrected chi connectivity index (χ4v) is 2.95. The minimum Gasteiger partial charge on any atom is -0.478 e. The molecule has 0 aliphatic heterocycles. The van der Waals surface area contributed by atoms with Crippen LogP contribution in [-0.4, -0.2) is 11.1 Å². The number of rotatable bonds is 17. The lowest BCUT2D eigenvalue weighted by Gasteiger charge is -2.04. The predicted molar refractivity (Wildman–Crippen MR) is 101 cm³/mol. The summed E-state index contributed by atoms with van der Waals surface area (Å²) < 4.78 is 0. The Morgan fingerprint density at radius 3 is 1.61 bits per heavy atom. The van der Waals surface area contributed by atoms with Crippen LogP contribution in [0.25, 0.3) is 0 Å². The molecule has 136 valence electrons. The monoisotopic (exact) mass is 324 g/mol. The zero-order valence-electron chi connectivity index (χ0n) is 15.7. The first kappa shape index (κ1) is 22.2. The molecule has 0 amide bonds. The van der Waals surface area contributed by atoms with E-state index in [1.54, 1.807) is 0 Å². The van der Waals surface area contributed by atoms with Crippen molar-refractivity contribution < 1.29 is 9.90 Å². The van der Waals surface area contributed by atoms with Crippen LogP contribution in [0.4, 0.5) is 0 Å². The molecule has 0 aliphatic rings. The molecule has 0 atom stereocenters. The molecule has 0 radical (unpaired) electrons. The minimum atomic E-state index is -0.710. The van der Waals surface area contributed by atoms with Crippen molar-refractivity contribution in [2.45, 2.75) is 117 Å². The molecule has 0 aromatic heterocycles. The van der Waals surface area contributed by atoms with Gasteiger partial charge in [0, 0.05) is 5.57 Å². The zero-order valence-corrected chi connectivity index (χ0v) is 15.7. The highest BCUT2D eigenvalue weighted by Gasteiger charge is 2.06. The van der Waals surface area contributed by atoms with Crippen molar-refractivity contribution in [1.29, 1.82) is 0 Å². The molecule has 0 aromatic carbocycles. The van der Waals surface area contributed by atoms with Crippen molar-refractivity contribution in [3.63, 3.8) is 0 Å². The van der Waals surface area contributed by atoms with Gasteiger partial charge in [-0.05, 0) is 25.7 Å². The van der Waals surface area contributed by atoms with Crippen LogP contribution in [0.1, 0.15) is 117 Å². The summed E-state index contributed by atoms with van der Waals surface area (Å²) in [5.74, 6) is -0.710. The Kier molecular flexibility index (Phi) is 17.0. The van der Waals surface area contributed by atoms with Crippen molar-refractivity contribution in [2.75, 3.05) is 0 Å². The summed E-state index contributed by atoms with van der Waals surface area (Å²) in [5, 5.41) is 9.27. The Morgan fingerprint density at radius 1 is 0.696 bits per heavy atom. The molecule has 23 heavy (non-hydrogen) atoms. The molecule has 0 saturated heterocycles. The highest BCUT2D eigenvalue weighted by molar-refractivity contribution is 5.86. The molecule has 0 saturated carbocycles. The maximum atomic E-state index is 11.3. The van der Waals surface area contributed by atoms with Gasteiger partial charge in [-0.1, -0.05) is 97.0 Å². The minimum absolute atomic E-state index is 0.642. The van der Waals surface area contributed by atoms with Gasteiger partial charge in [0.2, 0.25) is 0 Å². The van der Waals surface area contributed by atoms with E-state index in [1.807, 2.05) is 6.08 Å². The highest BCUT2D eigenvalue weighted by atomic mass is 16.4. The van der Waals surface area contributed by atoms with Gasteiger partial charge in [-0.15, -0.1) is 0 Å². The Bertz CT molecular complexity index is 294. The summed E-state index contributed by atoms with van der Waals surface area (Å²) in [6, 6.07) is 0. The van der Waals surface area contributed by atoms with E-state index in [2.05, 4.69) is 13.8 Å². The summed E-state index contributed by atoms with van der Waals surface area (Å²) in [4.78, 5) is 11.3. The lowest BCUT2D eigenvalue weighted by molar-refractivity contribution is -0.132. The van der Waals surface area contributed by atoms with Gasteiger partial charge < -0.3 is 5.11 Å². The zero-order chi connectivity index (χ0) is 17.2. The van der Waals surface area contributed by atoms with Crippen molar-refractivity contribution in [2.24, 2.45) is 0 Å². The van der Waals surface area contributed by atoms with Gasteiger partial charge in [0.05, 0.1) is 0 Å². The molecule has 1 N–H and O–H groups in total. The first-order valence-electron chi connectivity index (χ1n) is 10.1. The van der Waals surface area contributed by atoms with Gasteiger partial charge in [-0.3, -0.25) is 0 Å². The Labute approximate surface area is 144 Å². The smallest absolute Gasteiger partial charge is 0.331 e.